The smallest absolute Gasteiger partial charge is 0.144 e. The van der Waals surface area contributed by atoms with Gasteiger partial charge in [0.25, 0.3) is 0 Å². The van der Waals surface area contributed by atoms with Gasteiger partial charge in [-0.15, -0.1) is 0 Å². The highest BCUT2D eigenvalue weighted by atomic mass is 35.5. The number of nitrogens with zero attached hydrogens (tertiary/aromatic N) is 3. The van der Waals surface area contributed by atoms with Gasteiger partial charge in [-0.05, 0) is 18.1 Å². The number of ether oxygens (including phenoxy) is 2. The summed E-state index contributed by atoms with van der Waals surface area (Å²) >= 11 is 6.18. The van der Waals surface area contributed by atoms with Gasteiger partial charge in [-0.1, -0.05) is 29.8 Å². The summed E-state index contributed by atoms with van der Waals surface area (Å²) in [7, 11) is 3.17. The summed E-state index contributed by atoms with van der Waals surface area (Å²) in [6.07, 6.45) is 2.56. The topological polar surface area (TPSA) is 59.5 Å². The fourth-order valence-corrected chi connectivity index (χ4v) is 3.47. The van der Waals surface area contributed by atoms with Crippen molar-refractivity contribution in [3.63, 3.8) is 0 Å². The Morgan fingerprint density at radius 2 is 1.85 bits per heavy atom. The van der Waals surface area contributed by atoms with Crippen LogP contribution in [-0.2, 0) is 6.42 Å². The van der Waals surface area contributed by atoms with E-state index in [9.17, 15) is 0 Å². The predicted molar refractivity (Wildman–Crippen MR) is 107 cm³/mol. The summed E-state index contributed by atoms with van der Waals surface area (Å²) in [6, 6.07) is 13.8. The van der Waals surface area contributed by atoms with Gasteiger partial charge in [-0.3, -0.25) is 0 Å². The molecule has 1 aliphatic rings. The average molecular weight is 383 g/mol. The van der Waals surface area contributed by atoms with Crippen molar-refractivity contribution in [1.82, 2.24) is 9.97 Å². The third kappa shape index (κ3) is 3.36. The number of rotatable bonds is 5. The molecule has 0 saturated carbocycles. The van der Waals surface area contributed by atoms with Crippen LogP contribution < -0.4 is 19.7 Å². The molecule has 0 bridgehead atoms. The predicted octanol–water partition coefficient (Wildman–Crippen LogP) is 4.59. The van der Waals surface area contributed by atoms with Crippen molar-refractivity contribution in [2.24, 2.45) is 0 Å². The standard InChI is InChI=1S/C20H19ClN4O2/c1-26-17-10-15(18(27-2)9-14(17)21)24-19-11-20(23-12-22-19)25-8-7-13-5-3-4-6-16(13)25/h3-6,9-12H,7-8H2,1-2H3,(H,22,23,24). The van der Waals surface area contributed by atoms with Crippen LogP contribution in [0.2, 0.25) is 5.02 Å². The second-order valence-corrected chi connectivity index (χ2v) is 6.51. The minimum absolute atomic E-state index is 0.483. The van der Waals surface area contributed by atoms with Crippen LogP contribution in [0.3, 0.4) is 0 Å². The van der Waals surface area contributed by atoms with Crippen molar-refractivity contribution >= 4 is 34.6 Å². The molecular weight excluding hydrogens is 364 g/mol. The fraction of sp³-hybridized carbons (Fsp3) is 0.200. The number of nitrogens with one attached hydrogen (secondary N) is 1. The molecule has 1 aliphatic heterocycles. The van der Waals surface area contributed by atoms with Gasteiger partial charge >= 0.3 is 0 Å². The van der Waals surface area contributed by atoms with Crippen molar-refractivity contribution in [2.75, 3.05) is 31.0 Å². The van der Waals surface area contributed by atoms with Crippen LogP contribution in [0.1, 0.15) is 5.56 Å². The maximum Gasteiger partial charge on any atom is 0.144 e. The molecule has 3 aromatic rings. The highest BCUT2D eigenvalue weighted by molar-refractivity contribution is 6.32. The normalized spacial score (nSPS) is 12.6. The molecule has 0 radical (unpaired) electrons. The van der Waals surface area contributed by atoms with Gasteiger partial charge in [-0.2, -0.15) is 0 Å². The van der Waals surface area contributed by atoms with E-state index >= 15 is 0 Å². The van der Waals surface area contributed by atoms with E-state index in [4.69, 9.17) is 21.1 Å². The Hall–Kier alpha value is -2.99. The van der Waals surface area contributed by atoms with E-state index in [0.717, 1.165) is 18.8 Å². The number of methoxy groups -OCH3 is 2. The van der Waals surface area contributed by atoms with Gasteiger partial charge in [0, 0.05) is 30.4 Å². The Kier molecular flexibility index (Phi) is 4.73. The molecule has 0 atom stereocenters. The molecular formula is C20H19ClN4O2. The zero-order valence-electron chi connectivity index (χ0n) is 15.1. The Bertz CT molecular complexity index is 980. The van der Waals surface area contributed by atoms with Crippen molar-refractivity contribution in [1.29, 1.82) is 0 Å². The lowest BCUT2D eigenvalue weighted by molar-refractivity contribution is 0.405. The van der Waals surface area contributed by atoms with Crippen LogP contribution in [0, 0.1) is 0 Å². The van der Waals surface area contributed by atoms with E-state index in [1.54, 1.807) is 32.7 Å². The first kappa shape index (κ1) is 17.4. The second-order valence-electron chi connectivity index (χ2n) is 6.10. The summed E-state index contributed by atoms with van der Waals surface area (Å²) < 4.78 is 10.7. The number of hydrogen-bond donors (Lipinski definition) is 1. The molecule has 1 aromatic heterocycles. The SMILES string of the molecule is COc1cc(Nc2cc(N3CCc4ccccc43)ncn2)c(OC)cc1Cl. The summed E-state index contributed by atoms with van der Waals surface area (Å²) in [5.74, 6) is 2.67. The van der Waals surface area contributed by atoms with Crippen LogP contribution in [0.15, 0.2) is 48.8 Å². The maximum absolute atomic E-state index is 6.18. The van der Waals surface area contributed by atoms with Gasteiger partial charge in [0.15, 0.2) is 0 Å². The first-order valence-electron chi connectivity index (χ1n) is 8.55. The number of halogens is 1. The molecule has 7 heteroatoms. The number of fused-ring (bicyclic) bond motifs is 1. The molecule has 27 heavy (non-hydrogen) atoms. The third-order valence-corrected chi connectivity index (χ3v) is 4.85. The highest BCUT2D eigenvalue weighted by Gasteiger charge is 2.21. The lowest BCUT2D eigenvalue weighted by Gasteiger charge is -2.19. The summed E-state index contributed by atoms with van der Waals surface area (Å²) in [5, 5.41) is 3.76. The molecule has 138 valence electrons. The third-order valence-electron chi connectivity index (χ3n) is 4.55. The van der Waals surface area contributed by atoms with Crippen LogP contribution in [-0.4, -0.2) is 30.7 Å². The zero-order chi connectivity index (χ0) is 18.8. The molecule has 0 amide bonds. The summed E-state index contributed by atoms with van der Waals surface area (Å²) in [6.45, 7) is 0.897. The fourth-order valence-electron chi connectivity index (χ4n) is 3.24. The maximum atomic E-state index is 6.18. The van der Waals surface area contributed by atoms with Crippen molar-refractivity contribution in [3.05, 3.63) is 59.4 Å². The lowest BCUT2D eigenvalue weighted by atomic mass is 10.2. The Labute approximate surface area is 162 Å². The monoisotopic (exact) mass is 382 g/mol. The van der Waals surface area contributed by atoms with Crippen LogP contribution >= 0.6 is 11.6 Å². The van der Waals surface area contributed by atoms with Crippen LogP contribution in [0.5, 0.6) is 11.5 Å². The first-order chi connectivity index (χ1) is 13.2. The molecule has 2 heterocycles. The highest BCUT2D eigenvalue weighted by Crippen LogP contribution is 2.38. The second kappa shape index (κ2) is 7.32. The van der Waals surface area contributed by atoms with Gasteiger partial charge < -0.3 is 19.7 Å². The zero-order valence-corrected chi connectivity index (χ0v) is 15.8. The number of benzene rings is 2. The van der Waals surface area contributed by atoms with E-state index in [1.165, 1.54) is 11.3 Å². The minimum Gasteiger partial charge on any atom is -0.495 e. The molecule has 0 unspecified atom stereocenters. The first-order valence-corrected chi connectivity index (χ1v) is 8.93. The average Bonchev–Trinajstić information content (AvgIpc) is 3.13. The van der Waals surface area contributed by atoms with Gasteiger partial charge in [0.1, 0.15) is 29.5 Å². The molecule has 2 aromatic carbocycles. The lowest BCUT2D eigenvalue weighted by Crippen LogP contribution is -2.15. The molecule has 0 saturated heterocycles. The summed E-state index contributed by atoms with van der Waals surface area (Å²) in [4.78, 5) is 11.0. The summed E-state index contributed by atoms with van der Waals surface area (Å²) in [5.41, 5.74) is 3.23. The van der Waals surface area contributed by atoms with Crippen molar-refractivity contribution in [2.45, 2.75) is 6.42 Å². The van der Waals surface area contributed by atoms with Gasteiger partial charge in [0.05, 0.1) is 24.9 Å². The van der Waals surface area contributed by atoms with E-state index in [-0.39, 0.29) is 0 Å². The van der Waals surface area contributed by atoms with Crippen LogP contribution in [0.25, 0.3) is 0 Å². The quantitative estimate of drug-likeness (QED) is 0.696. The Morgan fingerprint density at radius 1 is 1.04 bits per heavy atom. The van der Waals surface area contributed by atoms with Crippen molar-refractivity contribution in [3.8, 4) is 11.5 Å². The number of anilines is 4. The minimum atomic E-state index is 0.483. The molecule has 1 N–H and O–H groups in total. The van der Waals surface area contributed by atoms with E-state index in [1.807, 2.05) is 12.1 Å². The van der Waals surface area contributed by atoms with E-state index in [2.05, 4.69) is 38.4 Å². The molecule has 4 rings (SSSR count). The Balaban J connectivity index is 1.65. The van der Waals surface area contributed by atoms with Gasteiger partial charge in [0.2, 0.25) is 0 Å². The Morgan fingerprint density at radius 3 is 2.67 bits per heavy atom. The largest absolute Gasteiger partial charge is 0.495 e. The number of para-hydroxylation sites is 1. The molecule has 0 fully saturated rings. The molecule has 0 spiro atoms. The molecule has 6 nitrogen and oxygen atoms in total. The number of hydrogen-bond acceptors (Lipinski definition) is 6. The van der Waals surface area contributed by atoms with Crippen molar-refractivity contribution < 1.29 is 9.47 Å². The van der Waals surface area contributed by atoms with E-state index in [0.29, 0.717) is 28.0 Å². The van der Waals surface area contributed by atoms with Crippen LogP contribution in [0.4, 0.5) is 23.0 Å². The van der Waals surface area contributed by atoms with E-state index < -0.39 is 0 Å². The number of aromatic nitrogens is 2. The molecule has 0 aliphatic carbocycles. The van der Waals surface area contributed by atoms with Gasteiger partial charge in [-0.25, -0.2) is 9.97 Å².